The molecule has 0 aromatic heterocycles. The van der Waals surface area contributed by atoms with Gasteiger partial charge in [-0.1, -0.05) is 34.1 Å². The second kappa shape index (κ2) is 9.50. The lowest BCUT2D eigenvalue weighted by Gasteiger charge is -2.15. The lowest BCUT2D eigenvalue weighted by molar-refractivity contribution is 0.103. The van der Waals surface area contributed by atoms with Crippen molar-refractivity contribution in [3.05, 3.63) is 34.3 Å². The highest BCUT2D eigenvalue weighted by atomic mass is 79.9. The Hall–Kier alpha value is -0.420. The van der Waals surface area contributed by atoms with Crippen molar-refractivity contribution in [1.82, 2.24) is 5.32 Å². The number of halogens is 1. The fourth-order valence-electron chi connectivity index (χ4n) is 1.69. The minimum atomic E-state index is 0.322. The van der Waals surface area contributed by atoms with E-state index in [9.17, 15) is 0 Å². The van der Waals surface area contributed by atoms with E-state index in [4.69, 9.17) is 9.47 Å². The summed E-state index contributed by atoms with van der Waals surface area (Å²) in [4.78, 5) is 0. The highest BCUT2D eigenvalue weighted by Crippen LogP contribution is 2.22. The summed E-state index contributed by atoms with van der Waals surface area (Å²) in [5.41, 5.74) is 1.27. The van der Waals surface area contributed by atoms with Crippen LogP contribution >= 0.6 is 15.9 Å². The van der Waals surface area contributed by atoms with Gasteiger partial charge in [-0.2, -0.15) is 0 Å². The lowest BCUT2D eigenvalue weighted by Crippen LogP contribution is -2.23. The molecule has 0 aliphatic rings. The predicted octanol–water partition coefficient (Wildman–Crippen LogP) is 3.15. The van der Waals surface area contributed by atoms with Gasteiger partial charge < -0.3 is 14.8 Å². The maximum absolute atomic E-state index is 5.50. The van der Waals surface area contributed by atoms with E-state index in [-0.39, 0.29) is 0 Å². The quantitative estimate of drug-likeness (QED) is 0.710. The molecule has 1 N–H and O–H groups in total. The van der Waals surface area contributed by atoms with Crippen LogP contribution in [0.1, 0.15) is 24.9 Å². The Bertz CT molecular complexity index is 333. The summed E-state index contributed by atoms with van der Waals surface area (Å²) < 4.78 is 11.6. The Morgan fingerprint density at radius 1 is 1.22 bits per heavy atom. The zero-order chi connectivity index (χ0) is 13.2. The molecule has 4 heteroatoms. The molecular formula is C14H22BrNO2. The number of hydrogen-bond acceptors (Lipinski definition) is 3. The number of nitrogens with one attached hydrogen (secondary N) is 1. The normalized spacial score (nSPS) is 12.6. The Morgan fingerprint density at radius 3 is 2.72 bits per heavy atom. The lowest BCUT2D eigenvalue weighted by atomic mass is 10.1. The minimum absolute atomic E-state index is 0.322. The summed E-state index contributed by atoms with van der Waals surface area (Å²) in [6.45, 7) is 5.28. The van der Waals surface area contributed by atoms with Crippen molar-refractivity contribution in [3.8, 4) is 0 Å². The van der Waals surface area contributed by atoms with Crippen molar-refractivity contribution in [3.63, 3.8) is 0 Å². The Labute approximate surface area is 118 Å². The first-order valence-corrected chi connectivity index (χ1v) is 7.09. The summed E-state index contributed by atoms with van der Waals surface area (Å²) in [5, 5.41) is 3.44. The van der Waals surface area contributed by atoms with Crippen LogP contribution in [-0.4, -0.2) is 33.5 Å². The second-order valence-electron chi connectivity index (χ2n) is 4.16. The van der Waals surface area contributed by atoms with E-state index >= 15 is 0 Å². The fraction of sp³-hybridized carbons (Fsp3) is 0.571. The van der Waals surface area contributed by atoms with Gasteiger partial charge in [-0.25, -0.2) is 0 Å². The summed E-state index contributed by atoms with van der Waals surface area (Å²) in [6.07, 6.45) is 0.955. The van der Waals surface area contributed by atoms with Crippen molar-refractivity contribution >= 4 is 15.9 Å². The number of ether oxygens (including phenoxy) is 2. The topological polar surface area (TPSA) is 30.5 Å². The van der Waals surface area contributed by atoms with Crippen LogP contribution in [0.2, 0.25) is 0 Å². The van der Waals surface area contributed by atoms with Crippen LogP contribution in [0.25, 0.3) is 0 Å². The first-order chi connectivity index (χ1) is 8.75. The van der Waals surface area contributed by atoms with Gasteiger partial charge in [0.1, 0.15) is 0 Å². The molecule has 0 spiro atoms. The van der Waals surface area contributed by atoms with Crippen LogP contribution in [0.5, 0.6) is 0 Å². The average molecular weight is 316 g/mol. The molecule has 0 fully saturated rings. The van der Waals surface area contributed by atoms with Crippen LogP contribution < -0.4 is 5.32 Å². The Balaban J connectivity index is 2.14. The fourth-order valence-corrected chi connectivity index (χ4v) is 2.32. The molecule has 0 aliphatic heterocycles. The molecule has 0 aliphatic carbocycles. The van der Waals surface area contributed by atoms with Gasteiger partial charge in [0, 0.05) is 37.4 Å². The van der Waals surface area contributed by atoms with E-state index in [1.54, 1.807) is 7.11 Å². The third kappa shape index (κ3) is 5.96. The van der Waals surface area contributed by atoms with Gasteiger partial charge in [0.15, 0.2) is 0 Å². The van der Waals surface area contributed by atoms with Crippen LogP contribution in [0.3, 0.4) is 0 Å². The largest absolute Gasteiger partial charge is 0.385 e. The first kappa shape index (κ1) is 15.6. The van der Waals surface area contributed by atoms with Gasteiger partial charge in [0.05, 0.1) is 6.61 Å². The van der Waals surface area contributed by atoms with Crippen molar-refractivity contribution in [2.24, 2.45) is 0 Å². The SMILES string of the molecule is COCCCOCCN[C@@H](C)c1ccccc1Br. The summed E-state index contributed by atoms with van der Waals surface area (Å²) in [6, 6.07) is 8.59. The van der Waals surface area contributed by atoms with Crippen molar-refractivity contribution < 1.29 is 9.47 Å². The van der Waals surface area contributed by atoms with E-state index in [0.717, 1.165) is 37.3 Å². The van der Waals surface area contributed by atoms with E-state index < -0.39 is 0 Å². The second-order valence-corrected chi connectivity index (χ2v) is 5.01. The third-order valence-corrected chi connectivity index (χ3v) is 3.43. The standard InChI is InChI=1S/C14H22BrNO2/c1-12(13-6-3-4-7-14(13)15)16-8-11-18-10-5-9-17-2/h3-4,6-7,12,16H,5,8-11H2,1-2H3/t12-/m0/s1. The summed E-state index contributed by atoms with van der Waals surface area (Å²) in [5.74, 6) is 0. The molecule has 102 valence electrons. The van der Waals surface area contributed by atoms with E-state index in [0.29, 0.717) is 6.04 Å². The van der Waals surface area contributed by atoms with Crippen LogP contribution in [0.15, 0.2) is 28.7 Å². The molecule has 1 rings (SSSR count). The predicted molar refractivity (Wildman–Crippen MR) is 77.9 cm³/mol. The van der Waals surface area contributed by atoms with Gasteiger partial charge in [-0.05, 0) is 25.0 Å². The maximum Gasteiger partial charge on any atom is 0.0591 e. The minimum Gasteiger partial charge on any atom is -0.385 e. The van der Waals surface area contributed by atoms with Gasteiger partial charge >= 0.3 is 0 Å². The van der Waals surface area contributed by atoms with Gasteiger partial charge in [-0.15, -0.1) is 0 Å². The molecular weight excluding hydrogens is 294 g/mol. The maximum atomic E-state index is 5.50. The van der Waals surface area contributed by atoms with Crippen LogP contribution in [-0.2, 0) is 9.47 Å². The van der Waals surface area contributed by atoms with Crippen LogP contribution in [0.4, 0.5) is 0 Å². The molecule has 0 saturated heterocycles. The van der Waals surface area contributed by atoms with Gasteiger partial charge in [0.25, 0.3) is 0 Å². The number of benzene rings is 1. The van der Waals surface area contributed by atoms with Crippen molar-refractivity contribution in [2.45, 2.75) is 19.4 Å². The molecule has 0 radical (unpaired) electrons. The van der Waals surface area contributed by atoms with Crippen molar-refractivity contribution in [1.29, 1.82) is 0 Å². The van der Waals surface area contributed by atoms with Crippen LogP contribution in [0, 0.1) is 0 Å². The number of hydrogen-bond donors (Lipinski definition) is 1. The van der Waals surface area contributed by atoms with Crippen molar-refractivity contribution in [2.75, 3.05) is 33.5 Å². The number of methoxy groups -OCH3 is 1. The zero-order valence-electron chi connectivity index (χ0n) is 11.1. The molecule has 0 amide bonds. The van der Waals surface area contributed by atoms with Gasteiger partial charge in [-0.3, -0.25) is 0 Å². The molecule has 0 bridgehead atoms. The Morgan fingerprint density at radius 2 is 2.00 bits per heavy atom. The molecule has 3 nitrogen and oxygen atoms in total. The Kier molecular flexibility index (Phi) is 8.25. The molecule has 1 aromatic carbocycles. The highest BCUT2D eigenvalue weighted by Gasteiger charge is 2.07. The molecule has 0 saturated carbocycles. The van der Waals surface area contributed by atoms with E-state index in [1.165, 1.54) is 5.56 Å². The van der Waals surface area contributed by atoms with Gasteiger partial charge in [0.2, 0.25) is 0 Å². The monoisotopic (exact) mass is 315 g/mol. The zero-order valence-corrected chi connectivity index (χ0v) is 12.7. The molecule has 0 unspecified atom stereocenters. The van der Waals surface area contributed by atoms with E-state index in [1.807, 2.05) is 6.07 Å². The summed E-state index contributed by atoms with van der Waals surface area (Å²) >= 11 is 3.56. The smallest absolute Gasteiger partial charge is 0.0591 e. The molecule has 1 atom stereocenters. The molecule has 18 heavy (non-hydrogen) atoms. The summed E-state index contributed by atoms with van der Waals surface area (Å²) in [7, 11) is 1.71. The van der Waals surface area contributed by atoms with E-state index in [2.05, 4.69) is 46.4 Å². The molecule has 1 aromatic rings. The number of rotatable bonds is 9. The average Bonchev–Trinajstić information content (AvgIpc) is 2.38. The third-order valence-electron chi connectivity index (χ3n) is 2.71. The molecule has 0 heterocycles. The highest BCUT2D eigenvalue weighted by molar-refractivity contribution is 9.10. The first-order valence-electron chi connectivity index (χ1n) is 6.30.